The summed E-state index contributed by atoms with van der Waals surface area (Å²) in [5, 5.41) is 19.5. The maximum atomic E-state index is 9.74. The molecule has 1 N–H and O–H groups in total. The summed E-state index contributed by atoms with van der Waals surface area (Å²) in [6.07, 6.45) is 1.67. The number of benzene rings is 2. The number of nitriles is 1. The van der Waals surface area contributed by atoms with Gasteiger partial charge in [0.2, 0.25) is 0 Å². The fourth-order valence-corrected chi connectivity index (χ4v) is 2.05. The van der Waals surface area contributed by atoms with Crippen molar-refractivity contribution in [2.75, 3.05) is 7.11 Å². The molecule has 2 aromatic carbocycles. The van der Waals surface area contributed by atoms with Crippen molar-refractivity contribution in [1.29, 1.82) is 5.26 Å². The van der Waals surface area contributed by atoms with E-state index in [0.29, 0.717) is 27.5 Å². The number of hydrogen-bond acceptors (Lipinski definition) is 3. The molecule has 2 aromatic rings. The number of phenolic OH excluding ortho intramolecular Hbond substituents is 1. The molecule has 0 saturated carbocycles. The van der Waals surface area contributed by atoms with E-state index >= 15 is 0 Å². The van der Waals surface area contributed by atoms with E-state index < -0.39 is 0 Å². The smallest absolute Gasteiger partial charge is 0.160 e. The summed E-state index contributed by atoms with van der Waals surface area (Å²) < 4.78 is 4.98. The zero-order valence-corrected chi connectivity index (χ0v) is 11.6. The number of nitrogens with zero attached hydrogens (tertiary/aromatic N) is 1. The molecule has 0 aliphatic rings. The number of hydrogen-bond donors (Lipinski definition) is 1. The van der Waals surface area contributed by atoms with E-state index in [4.69, 9.17) is 16.3 Å². The standard InChI is InChI=1S/C16H12ClNO2/c1-20-16-7-6-11(9-15(16)19)8-12(10-18)13-4-2-3-5-14(13)17/h2-9,19H,1H3. The van der Waals surface area contributed by atoms with Gasteiger partial charge >= 0.3 is 0 Å². The predicted molar refractivity (Wildman–Crippen MR) is 79.6 cm³/mol. The van der Waals surface area contributed by atoms with Crippen molar-refractivity contribution in [3.63, 3.8) is 0 Å². The van der Waals surface area contributed by atoms with Crippen molar-refractivity contribution >= 4 is 23.3 Å². The lowest BCUT2D eigenvalue weighted by atomic mass is 10.0. The van der Waals surface area contributed by atoms with Gasteiger partial charge in [0.1, 0.15) is 0 Å². The zero-order valence-electron chi connectivity index (χ0n) is 10.8. The van der Waals surface area contributed by atoms with Crippen LogP contribution in [0.15, 0.2) is 42.5 Å². The van der Waals surface area contributed by atoms with Gasteiger partial charge in [-0.25, -0.2) is 0 Å². The molecule has 0 aliphatic heterocycles. The average molecular weight is 286 g/mol. The highest BCUT2D eigenvalue weighted by molar-refractivity contribution is 6.32. The van der Waals surface area contributed by atoms with Crippen LogP contribution in [0.2, 0.25) is 5.02 Å². The van der Waals surface area contributed by atoms with Crippen LogP contribution in [0, 0.1) is 11.3 Å². The molecule has 0 spiro atoms. The van der Waals surface area contributed by atoms with Gasteiger partial charge < -0.3 is 9.84 Å². The van der Waals surface area contributed by atoms with Crippen molar-refractivity contribution in [3.05, 3.63) is 58.6 Å². The second-order valence-corrected chi connectivity index (χ2v) is 4.49. The number of rotatable bonds is 3. The Morgan fingerprint density at radius 2 is 2.05 bits per heavy atom. The topological polar surface area (TPSA) is 53.2 Å². The molecule has 3 nitrogen and oxygen atoms in total. The van der Waals surface area contributed by atoms with Crippen LogP contribution in [0.3, 0.4) is 0 Å². The maximum absolute atomic E-state index is 9.74. The van der Waals surface area contributed by atoms with Gasteiger partial charge in [-0.1, -0.05) is 35.9 Å². The molecule has 0 amide bonds. The van der Waals surface area contributed by atoms with Gasteiger partial charge in [-0.15, -0.1) is 0 Å². The molecular weight excluding hydrogens is 274 g/mol. The molecule has 0 unspecified atom stereocenters. The molecule has 0 radical (unpaired) electrons. The minimum Gasteiger partial charge on any atom is -0.504 e. The number of methoxy groups -OCH3 is 1. The van der Waals surface area contributed by atoms with Crippen LogP contribution in [-0.2, 0) is 0 Å². The highest BCUT2D eigenvalue weighted by atomic mass is 35.5. The molecule has 0 heterocycles. The van der Waals surface area contributed by atoms with E-state index in [9.17, 15) is 10.4 Å². The number of allylic oxidation sites excluding steroid dienone is 1. The first kappa shape index (κ1) is 14.0. The molecule has 0 fully saturated rings. The lowest BCUT2D eigenvalue weighted by Crippen LogP contribution is -1.86. The summed E-state index contributed by atoms with van der Waals surface area (Å²) >= 11 is 6.08. The normalized spacial score (nSPS) is 10.9. The molecule has 0 aromatic heterocycles. The van der Waals surface area contributed by atoms with Crippen LogP contribution >= 0.6 is 11.6 Å². The number of aromatic hydroxyl groups is 1. The molecule has 0 saturated heterocycles. The second-order valence-electron chi connectivity index (χ2n) is 4.08. The molecule has 20 heavy (non-hydrogen) atoms. The Morgan fingerprint density at radius 3 is 2.65 bits per heavy atom. The molecular formula is C16H12ClNO2. The lowest BCUT2D eigenvalue weighted by molar-refractivity contribution is 0.373. The van der Waals surface area contributed by atoms with Gasteiger partial charge in [-0.3, -0.25) is 0 Å². The number of ether oxygens (including phenoxy) is 1. The third-order valence-electron chi connectivity index (χ3n) is 2.80. The second kappa shape index (κ2) is 6.14. The van der Waals surface area contributed by atoms with Crippen molar-refractivity contribution in [2.45, 2.75) is 0 Å². The highest BCUT2D eigenvalue weighted by Gasteiger charge is 2.07. The fourth-order valence-electron chi connectivity index (χ4n) is 1.81. The highest BCUT2D eigenvalue weighted by Crippen LogP contribution is 2.29. The third kappa shape index (κ3) is 2.93. The Bertz CT molecular complexity index is 702. The van der Waals surface area contributed by atoms with Crippen LogP contribution in [0.25, 0.3) is 11.6 Å². The van der Waals surface area contributed by atoms with Gasteiger partial charge in [-0.2, -0.15) is 5.26 Å². The molecule has 0 atom stereocenters. The largest absolute Gasteiger partial charge is 0.504 e. The first-order valence-electron chi connectivity index (χ1n) is 5.89. The van der Waals surface area contributed by atoms with Gasteiger partial charge in [0.05, 0.1) is 18.8 Å². The Balaban J connectivity index is 2.45. The zero-order chi connectivity index (χ0) is 14.5. The summed E-state index contributed by atoms with van der Waals surface area (Å²) in [7, 11) is 1.48. The van der Waals surface area contributed by atoms with Crippen molar-refractivity contribution < 1.29 is 9.84 Å². The predicted octanol–water partition coefficient (Wildman–Crippen LogP) is 4.12. The minimum absolute atomic E-state index is 0.0256. The van der Waals surface area contributed by atoms with Crippen LogP contribution < -0.4 is 4.74 Å². The Hall–Kier alpha value is -2.44. The van der Waals surface area contributed by atoms with E-state index in [1.54, 1.807) is 36.4 Å². The third-order valence-corrected chi connectivity index (χ3v) is 3.13. The number of halogens is 1. The quantitative estimate of drug-likeness (QED) is 0.682. The first-order valence-corrected chi connectivity index (χ1v) is 6.27. The Labute approximate surface area is 122 Å². The van der Waals surface area contributed by atoms with Gasteiger partial charge in [0, 0.05) is 10.6 Å². The first-order chi connectivity index (χ1) is 9.65. The van der Waals surface area contributed by atoms with Crippen LogP contribution in [0.5, 0.6) is 11.5 Å². The van der Waals surface area contributed by atoms with Gasteiger partial charge in [0.25, 0.3) is 0 Å². The van der Waals surface area contributed by atoms with Crippen LogP contribution in [-0.4, -0.2) is 12.2 Å². The monoisotopic (exact) mass is 285 g/mol. The molecule has 0 bridgehead atoms. The van der Waals surface area contributed by atoms with Gasteiger partial charge in [0.15, 0.2) is 11.5 Å². The van der Waals surface area contributed by atoms with Crippen molar-refractivity contribution in [2.24, 2.45) is 0 Å². The lowest BCUT2D eigenvalue weighted by Gasteiger charge is -2.05. The minimum atomic E-state index is 0.0256. The van der Waals surface area contributed by atoms with Crippen molar-refractivity contribution in [3.8, 4) is 17.6 Å². The maximum Gasteiger partial charge on any atom is 0.160 e. The average Bonchev–Trinajstić information content (AvgIpc) is 2.46. The molecule has 4 heteroatoms. The summed E-state index contributed by atoms with van der Waals surface area (Å²) in [4.78, 5) is 0. The SMILES string of the molecule is COc1ccc(C=C(C#N)c2ccccc2Cl)cc1O. The van der Waals surface area contributed by atoms with E-state index in [1.165, 1.54) is 13.2 Å². The van der Waals surface area contributed by atoms with E-state index in [1.807, 2.05) is 6.07 Å². The van der Waals surface area contributed by atoms with Crippen molar-refractivity contribution in [1.82, 2.24) is 0 Å². The summed E-state index contributed by atoms with van der Waals surface area (Å²) in [5.41, 5.74) is 1.78. The van der Waals surface area contributed by atoms with E-state index in [-0.39, 0.29) is 5.75 Å². The molecule has 0 aliphatic carbocycles. The van der Waals surface area contributed by atoms with E-state index in [2.05, 4.69) is 6.07 Å². The number of phenols is 1. The van der Waals surface area contributed by atoms with Gasteiger partial charge in [-0.05, 0) is 29.8 Å². The van der Waals surface area contributed by atoms with Crippen LogP contribution in [0.4, 0.5) is 0 Å². The molecule has 2 rings (SSSR count). The fraction of sp³-hybridized carbons (Fsp3) is 0.0625. The van der Waals surface area contributed by atoms with E-state index in [0.717, 1.165) is 0 Å². The molecule has 100 valence electrons. The summed E-state index contributed by atoms with van der Waals surface area (Å²) in [6.45, 7) is 0. The van der Waals surface area contributed by atoms with Crippen LogP contribution in [0.1, 0.15) is 11.1 Å². The Kier molecular flexibility index (Phi) is 4.29. The Morgan fingerprint density at radius 1 is 1.30 bits per heavy atom. The summed E-state index contributed by atoms with van der Waals surface area (Å²) in [5.74, 6) is 0.413. The summed E-state index contributed by atoms with van der Waals surface area (Å²) in [6, 6.07) is 14.2.